The molecule has 0 aromatic carbocycles. The van der Waals surface area contributed by atoms with E-state index >= 15 is 0 Å². The first kappa shape index (κ1) is 13.3. The van der Waals surface area contributed by atoms with Crippen LogP contribution >= 0.6 is 7.82 Å². The van der Waals surface area contributed by atoms with Crippen LogP contribution < -0.4 is 0 Å². The van der Waals surface area contributed by atoms with E-state index in [0.29, 0.717) is 0 Å². The lowest BCUT2D eigenvalue weighted by Crippen LogP contribution is -1.93. The minimum Gasteiger partial charge on any atom is -0.506 e. The van der Waals surface area contributed by atoms with Crippen LogP contribution in [0.5, 0.6) is 5.75 Å². The van der Waals surface area contributed by atoms with Crippen molar-refractivity contribution in [3.05, 3.63) is 17.8 Å². The summed E-state index contributed by atoms with van der Waals surface area (Å²) < 4.78 is 18.1. The van der Waals surface area contributed by atoms with Crippen LogP contribution in [-0.2, 0) is 15.7 Å². The van der Waals surface area contributed by atoms with E-state index in [1.165, 1.54) is 6.07 Å². The Morgan fingerprint density at radius 2 is 2.25 bits per heavy atom. The van der Waals surface area contributed by atoms with Crippen molar-refractivity contribution < 1.29 is 24.0 Å². The van der Waals surface area contributed by atoms with Gasteiger partial charge >= 0.3 is 24.3 Å². The lowest BCUT2D eigenvalue weighted by Gasteiger charge is -2.07. The first-order chi connectivity index (χ1) is 7.42. The fourth-order valence-electron chi connectivity index (χ4n) is 0.895. The molecule has 0 spiro atoms. The van der Waals surface area contributed by atoms with Crippen molar-refractivity contribution in [2.24, 2.45) is 9.21 Å². The molecule has 16 heavy (non-hydrogen) atoms. The standard InChI is InChI=1S/C6H7N3O5P.Al/c7-9-6-4(1-5(10)2-8-6)3-14-15(11,12)13;/h1-2,10H,3H2,(H2,11,12,13);/q-1;+1. The second-order valence-electron chi connectivity index (χ2n) is 2.66. The summed E-state index contributed by atoms with van der Waals surface area (Å²) in [7, 11) is -4.57. The van der Waals surface area contributed by atoms with E-state index in [-0.39, 0.29) is 17.1 Å². The minimum absolute atomic E-state index is 0.112. The minimum atomic E-state index is -4.57. The second-order valence-corrected chi connectivity index (χ2v) is 4.13. The number of phosphoric acid groups is 1. The summed E-state index contributed by atoms with van der Waals surface area (Å²) >= 11 is 1.98. The zero-order valence-corrected chi connectivity index (χ0v) is 9.94. The summed E-state index contributed by atoms with van der Waals surface area (Å²) in [5.74, 6) is -0.0479. The van der Waals surface area contributed by atoms with E-state index in [0.717, 1.165) is 6.20 Å². The zero-order valence-electron chi connectivity index (χ0n) is 7.89. The van der Waals surface area contributed by atoms with E-state index in [1.807, 2.05) is 16.5 Å². The number of aromatic hydroxyl groups is 1. The first-order valence-electron chi connectivity index (χ1n) is 3.91. The molecule has 3 N–H and O–H groups in total. The van der Waals surface area contributed by atoms with Crippen molar-refractivity contribution >= 4 is 30.2 Å². The molecule has 1 aromatic heterocycles. The van der Waals surface area contributed by atoms with Crippen molar-refractivity contribution in [1.82, 2.24) is 4.98 Å². The summed E-state index contributed by atoms with van der Waals surface area (Å²) in [6.45, 7) is -0.426. The van der Waals surface area contributed by atoms with Crippen molar-refractivity contribution in [3.8, 4) is 5.75 Å². The average molecular weight is 259 g/mol. The van der Waals surface area contributed by atoms with Crippen LogP contribution in [0.3, 0.4) is 0 Å². The van der Waals surface area contributed by atoms with E-state index < -0.39 is 14.4 Å². The fraction of sp³-hybridized carbons (Fsp3) is 0.167. The third-order valence-electron chi connectivity index (χ3n) is 1.47. The van der Waals surface area contributed by atoms with Crippen molar-refractivity contribution in [1.29, 1.82) is 0 Å². The molecular weight excluding hydrogens is 252 g/mol. The molecule has 0 saturated carbocycles. The van der Waals surface area contributed by atoms with E-state index in [1.54, 1.807) is 0 Å². The molecule has 8 nitrogen and oxygen atoms in total. The maximum absolute atomic E-state index is 10.5. The van der Waals surface area contributed by atoms with Gasteiger partial charge in [0.1, 0.15) is 5.75 Å². The molecule has 84 valence electrons. The first-order valence-corrected chi connectivity index (χ1v) is 5.96. The van der Waals surface area contributed by atoms with Gasteiger partial charge in [-0.05, 0) is 6.07 Å². The quantitative estimate of drug-likeness (QED) is 0.412. The molecule has 0 fully saturated rings. The van der Waals surface area contributed by atoms with Crippen molar-refractivity contribution in [2.45, 2.75) is 6.61 Å². The van der Waals surface area contributed by atoms with Crippen LogP contribution in [0.1, 0.15) is 5.56 Å². The topological polar surface area (TPSA) is 125 Å². The SMILES string of the molecule is O=P(O)(O)OCc1cc(O)cnc1N=[N][Al]. The number of nitrogens with zero attached hydrogens (tertiary/aromatic N) is 3. The molecule has 1 rings (SSSR count). The van der Waals surface area contributed by atoms with E-state index in [4.69, 9.17) is 14.9 Å². The summed E-state index contributed by atoms with van der Waals surface area (Å²) in [5, 5.41) is 12.7. The van der Waals surface area contributed by atoms with E-state index in [2.05, 4.69) is 18.7 Å². The highest BCUT2D eigenvalue weighted by atomic mass is 31.2. The lowest BCUT2D eigenvalue weighted by atomic mass is 10.2. The number of rotatable bonds is 4. The van der Waals surface area contributed by atoms with Gasteiger partial charge in [-0.25, -0.2) is 9.55 Å². The van der Waals surface area contributed by atoms with Crippen LogP contribution in [0.2, 0.25) is 0 Å². The van der Waals surface area contributed by atoms with Crippen molar-refractivity contribution in [3.63, 3.8) is 0 Å². The number of phosphoric ester groups is 1. The lowest BCUT2D eigenvalue weighted by molar-refractivity contribution is 0.189. The molecule has 2 radical (unpaired) electrons. The molecule has 1 aromatic rings. The summed E-state index contributed by atoms with van der Waals surface area (Å²) in [5.41, 5.74) is 0.217. The van der Waals surface area contributed by atoms with Gasteiger partial charge in [0.15, 0.2) is 5.82 Å². The van der Waals surface area contributed by atoms with Gasteiger partial charge in [-0.2, -0.15) is 5.11 Å². The van der Waals surface area contributed by atoms with Gasteiger partial charge in [-0.15, -0.1) is 0 Å². The zero-order chi connectivity index (χ0) is 12.2. The van der Waals surface area contributed by atoms with Gasteiger partial charge in [-0.3, -0.25) is 4.52 Å². The van der Waals surface area contributed by atoms with Gasteiger partial charge in [0.2, 0.25) is 0 Å². The molecule has 0 saturated heterocycles. The predicted octanol–water partition coefficient (Wildman–Crippen LogP) is 0.564. The van der Waals surface area contributed by atoms with Gasteiger partial charge < -0.3 is 19.0 Å². The molecule has 0 unspecified atom stereocenters. The van der Waals surface area contributed by atoms with Gasteiger partial charge in [-0.1, -0.05) is 0 Å². The molecule has 10 heteroatoms. The molecule has 0 aliphatic heterocycles. The predicted molar refractivity (Wildman–Crippen MR) is 53.0 cm³/mol. The number of aromatic nitrogens is 1. The van der Waals surface area contributed by atoms with Crippen molar-refractivity contribution in [2.75, 3.05) is 0 Å². The highest BCUT2D eigenvalue weighted by Gasteiger charge is 2.15. The molecule has 0 amide bonds. The molecule has 0 atom stereocenters. The summed E-state index contributed by atoms with van der Waals surface area (Å²) in [6, 6.07) is 1.23. The van der Waals surface area contributed by atoms with Crippen LogP contribution in [-0.4, -0.2) is 36.4 Å². The number of pyridine rings is 1. The van der Waals surface area contributed by atoms with Crippen LogP contribution in [0.15, 0.2) is 21.5 Å². The monoisotopic (exact) mass is 259 g/mol. The Labute approximate surface area is 98.9 Å². The molecule has 0 bridgehead atoms. The Hall–Kier alpha value is -0.808. The Morgan fingerprint density at radius 3 is 2.81 bits per heavy atom. The van der Waals surface area contributed by atoms with Crippen LogP contribution in [0.4, 0.5) is 5.82 Å². The Kier molecular flexibility index (Phi) is 4.56. The Balaban J connectivity index is 2.92. The maximum Gasteiger partial charge on any atom is 0.469 e. The number of hydrogen-bond donors (Lipinski definition) is 3. The van der Waals surface area contributed by atoms with Crippen LogP contribution in [0, 0.1) is 0 Å². The average Bonchev–Trinajstić information content (AvgIpc) is 2.17. The smallest absolute Gasteiger partial charge is 0.469 e. The third-order valence-corrected chi connectivity index (χ3v) is 2.05. The van der Waals surface area contributed by atoms with Crippen LogP contribution in [0.25, 0.3) is 0 Å². The fourth-order valence-corrected chi connectivity index (χ4v) is 1.31. The van der Waals surface area contributed by atoms with E-state index in [9.17, 15) is 4.57 Å². The normalized spacial score (nSPS) is 12.1. The highest BCUT2D eigenvalue weighted by Crippen LogP contribution is 2.38. The van der Waals surface area contributed by atoms with Gasteiger partial charge in [0.05, 0.1) is 12.8 Å². The maximum atomic E-state index is 10.5. The second kappa shape index (κ2) is 5.50. The van der Waals surface area contributed by atoms with Gasteiger partial charge in [0, 0.05) is 5.56 Å². The largest absolute Gasteiger partial charge is 0.506 e. The Bertz CT molecular complexity index is 448. The summed E-state index contributed by atoms with van der Waals surface area (Å²) in [4.78, 5) is 20.7. The third kappa shape index (κ3) is 4.37. The Morgan fingerprint density at radius 1 is 1.56 bits per heavy atom. The number of hydrogen-bond acceptors (Lipinski definition) is 6. The molecular formula is C6H7AlN3O5P. The van der Waals surface area contributed by atoms with Gasteiger partial charge in [0.25, 0.3) is 0 Å². The molecule has 0 aliphatic rings. The highest BCUT2D eigenvalue weighted by molar-refractivity contribution is 7.46. The molecule has 0 aliphatic carbocycles. The molecule has 1 heterocycles. The summed E-state index contributed by atoms with van der Waals surface area (Å²) in [6.07, 6.45) is 1.13.